The summed E-state index contributed by atoms with van der Waals surface area (Å²) >= 11 is 0. The van der Waals surface area contributed by atoms with Gasteiger partial charge in [0.15, 0.2) is 11.5 Å². The number of hydrogen-bond donors (Lipinski definition) is 2. The molecule has 13 heavy (non-hydrogen) atoms. The summed E-state index contributed by atoms with van der Waals surface area (Å²) in [6, 6.07) is 0. The van der Waals surface area contributed by atoms with Gasteiger partial charge in [-0.15, -0.1) is 5.10 Å². The standard InChI is InChI=1S/C8H13N5/c1-4(2)7-10-8-6(9)5(3)11-13(8)12-7/h4,11H,9H2,1-3H3. The number of H-pyrrole nitrogens is 1. The minimum atomic E-state index is 0.327. The molecule has 2 rings (SSSR count). The van der Waals surface area contributed by atoms with E-state index >= 15 is 0 Å². The second-order valence-corrected chi connectivity index (χ2v) is 3.51. The molecule has 2 aromatic rings. The normalized spacial score (nSPS) is 11.7. The van der Waals surface area contributed by atoms with Crippen molar-refractivity contribution in [1.82, 2.24) is 19.8 Å². The third kappa shape index (κ3) is 1.07. The van der Waals surface area contributed by atoms with Gasteiger partial charge in [-0.1, -0.05) is 13.8 Å². The molecule has 0 aromatic carbocycles. The van der Waals surface area contributed by atoms with Crippen LogP contribution in [0.25, 0.3) is 5.65 Å². The molecule has 0 aliphatic carbocycles. The van der Waals surface area contributed by atoms with Gasteiger partial charge in [-0.25, -0.2) is 4.98 Å². The van der Waals surface area contributed by atoms with E-state index in [0.717, 1.165) is 17.2 Å². The Labute approximate surface area is 75.9 Å². The number of nitrogen functional groups attached to an aromatic ring is 1. The van der Waals surface area contributed by atoms with Gasteiger partial charge in [0.1, 0.15) is 0 Å². The third-order valence-electron chi connectivity index (χ3n) is 2.06. The fraction of sp³-hybridized carbons (Fsp3) is 0.500. The summed E-state index contributed by atoms with van der Waals surface area (Å²) in [4.78, 5) is 4.33. The van der Waals surface area contributed by atoms with Crippen LogP contribution in [0, 0.1) is 6.92 Å². The summed E-state index contributed by atoms with van der Waals surface area (Å²) in [5, 5.41) is 7.28. The van der Waals surface area contributed by atoms with Crippen LogP contribution in [-0.4, -0.2) is 19.8 Å². The lowest BCUT2D eigenvalue weighted by molar-refractivity contribution is 0.725. The average Bonchev–Trinajstić information content (AvgIpc) is 2.55. The van der Waals surface area contributed by atoms with Crippen molar-refractivity contribution in [2.45, 2.75) is 26.7 Å². The van der Waals surface area contributed by atoms with Gasteiger partial charge in [0.05, 0.1) is 11.4 Å². The first-order chi connectivity index (χ1) is 6.09. The van der Waals surface area contributed by atoms with Crippen LogP contribution in [0.3, 0.4) is 0 Å². The van der Waals surface area contributed by atoms with Gasteiger partial charge in [-0.2, -0.15) is 4.63 Å². The molecule has 0 amide bonds. The van der Waals surface area contributed by atoms with E-state index in [9.17, 15) is 0 Å². The zero-order chi connectivity index (χ0) is 9.59. The van der Waals surface area contributed by atoms with E-state index in [4.69, 9.17) is 5.73 Å². The maximum Gasteiger partial charge on any atom is 0.198 e. The van der Waals surface area contributed by atoms with Gasteiger partial charge < -0.3 is 5.73 Å². The molecule has 70 valence electrons. The van der Waals surface area contributed by atoms with Crippen molar-refractivity contribution in [3.05, 3.63) is 11.5 Å². The molecule has 0 unspecified atom stereocenters. The van der Waals surface area contributed by atoms with Crippen LogP contribution in [-0.2, 0) is 0 Å². The molecule has 0 spiro atoms. The molecule has 0 atom stereocenters. The zero-order valence-electron chi connectivity index (χ0n) is 8.00. The summed E-state index contributed by atoms with van der Waals surface area (Å²) < 4.78 is 1.62. The van der Waals surface area contributed by atoms with Gasteiger partial charge in [0.25, 0.3) is 0 Å². The SMILES string of the molecule is Cc1[nH]n2nc(C(C)C)nc2c1N. The Morgan fingerprint density at radius 1 is 1.46 bits per heavy atom. The molecule has 0 aliphatic heterocycles. The molecule has 0 saturated heterocycles. The van der Waals surface area contributed by atoms with E-state index in [1.54, 1.807) is 4.63 Å². The number of nitrogens with one attached hydrogen (secondary N) is 1. The van der Waals surface area contributed by atoms with Crippen LogP contribution in [0.15, 0.2) is 0 Å². The molecule has 0 saturated carbocycles. The number of aromatic amines is 1. The van der Waals surface area contributed by atoms with Gasteiger partial charge in [-0.05, 0) is 6.92 Å². The summed E-state index contributed by atoms with van der Waals surface area (Å²) in [5.74, 6) is 1.14. The number of nitrogens with two attached hydrogens (primary N) is 1. The van der Waals surface area contributed by atoms with Crippen LogP contribution >= 0.6 is 0 Å². The van der Waals surface area contributed by atoms with Gasteiger partial charge >= 0.3 is 0 Å². The largest absolute Gasteiger partial charge is 0.394 e. The maximum absolute atomic E-state index is 5.80. The van der Waals surface area contributed by atoms with Crippen LogP contribution in [0.5, 0.6) is 0 Å². The van der Waals surface area contributed by atoms with E-state index in [2.05, 4.69) is 29.0 Å². The second kappa shape index (κ2) is 2.48. The van der Waals surface area contributed by atoms with Crippen molar-refractivity contribution in [3.8, 4) is 0 Å². The third-order valence-corrected chi connectivity index (χ3v) is 2.06. The van der Waals surface area contributed by atoms with Crippen molar-refractivity contribution in [2.24, 2.45) is 0 Å². The number of rotatable bonds is 1. The van der Waals surface area contributed by atoms with Crippen LogP contribution in [0.1, 0.15) is 31.3 Å². The number of fused-ring (bicyclic) bond motifs is 1. The molecule has 3 N–H and O–H groups in total. The first-order valence-electron chi connectivity index (χ1n) is 4.30. The van der Waals surface area contributed by atoms with Crippen LogP contribution in [0.2, 0.25) is 0 Å². The predicted octanol–water partition coefficient (Wildman–Crippen LogP) is 1.07. The lowest BCUT2D eigenvalue weighted by atomic mass is 10.2. The fourth-order valence-electron chi connectivity index (χ4n) is 1.21. The summed E-state index contributed by atoms with van der Waals surface area (Å²) in [7, 11) is 0. The number of aromatic nitrogens is 4. The molecule has 0 aliphatic rings. The Morgan fingerprint density at radius 3 is 2.69 bits per heavy atom. The van der Waals surface area contributed by atoms with E-state index < -0.39 is 0 Å². The van der Waals surface area contributed by atoms with Crippen molar-refractivity contribution in [2.75, 3.05) is 5.73 Å². The lowest BCUT2D eigenvalue weighted by Gasteiger charge is -1.94. The summed E-state index contributed by atoms with van der Waals surface area (Å²) in [6.07, 6.45) is 0. The highest BCUT2D eigenvalue weighted by molar-refractivity contribution is 5.66. The maximum atomic E-state index is 5.80. The molecule has 0 bridgehead atoms. The molecule has 2 heterocycles. The Balaban J connectivity index is 2.65. The van der Waals surface area contributed by atoms with Crippen molar-refractivity contribution in [3.63, 3.8) is 0 Å². The lowest BCUT2D eigenvalue weighted by Crippen LogP contribution is -1.93. The predicted molar refractivity (Wildman–Crippen MR) is 50.6 cm³/mol. The Morgan fingerprint density at radius 2 is 2.15 bits per heavy atom. The van der Waals surface area contributed by atoms with Gasteiger partial charge in [0, 0.05) is 5.92 Å². The molecular formula is C8H13N5. The summed E-state index contributed by atoms with van der Waals surface area (Å²) in [5.41, 5.74) is 8.11. The smallest absolute Gasteiger partial charge is 0.198 e. The monoisotopic (exact) mass is 179 g/mol. The quantitative estimate of drug-likeness (QED) is 0.687. The van der Waals surface area contributed by atoms with Crippen LogP contribution in [0.4, 0.5) is 5.69 Å². The molecule has 5 nitrogen and oxygen atoms in total. The van der Waals surface area contributed by atoms with Crippen molar-refractivity contribution < 1.29 is 0 Å². The highest BCUT2D eigenvalue weighted by Gasteiger charge is 2.12. The first kappa shape index (κ1) is 8.10. The van der Waals surface area contributed by atoms with Crippen LogP contribution < -0.4 is 5.73 Å². The van der Waals surface area contributed by atoms with Gasteiger partial charge in [0.2, 0.25) is 0 Å². The number of nitrogens with zero attached hydrogens (tertiary/aromatic N) is 3. The first-order valence-corrected chi connectivity index (χ1v) is 4.30. The molecular weight excluding hydrogens is 166 g/mol. The molecule has 0 radical (unpaired) electrons. The number of hydrogen-bond acceptors (Lipinski definition) is 3. The van der Waals surface area contributed by atoms with Crippen molar-refractivity contribution in [1.29, 1.82) is 0 Å². The van der Waals surface area contributed by atoms with E-state index in [-0.39, 0.29) is 0 Å². The van der Waals surface area contributed by atoms with E-state index in [1.807, 2.05) is 6.92 Å². The second-order valence-electron chi connectivity index (χ2n) is 3.51. The topological polar surface area (TPSA) is 72.0 Å². The zero-order valence-corrected chi connectivity index (χ0v) is 8.00. The Hall–Kier alpha value is -1.52. The Kier molecular flexibility index (Phi) is 1.55. The van der Waals surface area contributed by atoms with Gasteiger partial charge in [-0.3, -0.25) is 5.10 Å². The van der Waals surface area contributed by atoms with E-state index in [1.165, 1.54) is 0 Å². The van der Waals surface area contributed by atoms with Crippen molar-refractivity contribution >= 4 is 11.3 Å². The Bertz CT molecular complexity index is 437. The highest BCUT2D eigenvalue weighted by atomic mass is 15.5. The highest BCUT2D eigenvalue weighted by Crippen LogP contribution is 2.17. The fourth-order valence-corrected chi connectivity index (χ4v) is 1.21. The summed E-state index contributed by atoms with van der Waals surface area (Å²) in [6.45, 7) is 6.01. The minimum absolute atomic E-state index is 0.327. The van der Waals surface area contributed by atoms with E-state index in [0.29, 0.717) is 11.6 Å². The average molecular weight is 179 g/mol. The minimum Gasteiger partial charge on any atom is -0.394 e. The molecule has 0 fully saturated rings. The molecule has 5 heteroatoms. The number of anilines is 1. The number of aryl methyl sites for hydroxylation is 1. The molecule has 2 aromatic heterocycles.